The SMILES string of the molecule is Cc1cccc(N2CCOS(=O)OCC2)c1. The summed E-state index contributed by atoms with van der Waals surface area (Å²) in [7, 11) is 0. The highest BCUT2D eigenvalue weighted by Crippen LogP contribution is 2.16. The Bertz CT molecular complexity index is 371. The van der Waals surface area contributed by atoms with Gasteiger partial charge in [0, 0.05) is 18.8 Å². The molecular formula is C11H15NO3S. The summed E-state index contributed by atoms with van der Waals surface area (Å²) in [5.41, 5.74) is 2.38. The number of nitrogens with zero attached hydrogens (tertiary/aromatic N) is 1. The van der Waals surface area contributed by atoms with Crippen LogP contribution in [-0.4, -0.2) is 30.5 Å². The minimum atomic E-state index is -1.57. The quantitative estimate of drug-likeness (QED) is 0.745. The summed E-state index contributed by atoms with van der Waals surface area (Å²) in [6.45, 7) is 4.37. The van der Waals surface area contributed by atoms with Crippen molar-refractivity contribution in [3.05, 3.63) is 29.8 Å². The van der Waals surface area contributed by atoms with E-state index in [4.69, 9.17) is 8.37 Å². The normalized spacial score (nSPS) is 19.2. The lowest BCUT2D eigenvalue weighted by atomic mass is 10.2. The van der Waals surface area contributed by atoms with E-state index in [2.05, 4.69) is 30.0 Å². The molecule has 4 nitrogen and oxygen atoms in total. The molecule has 0 amide bonds. The Hall–Kier alpha value is -0.910. The summed E-state index contributed by atoms with van der Waals surface area (Å²) in [5.74, 6) is 0. The molecule has 16 heavy (non-hydrogen) atoms. The first-order valence-electron chi connectivity index (χ1n) is 5.25. The standard InChI is InChI=1S/C11H15NO3S/c1-10-3-2-4-11(9-10)12-5-7-14-16(13)15-8-6-12/h2-4,9H,5-8H2,1H3. The van der Waals surface area contributed by atoms with E-state index in [0.29, 0.717) is 13.2 Å². The number of benzene rings is 1. The minimum Gasteiger partial charge on any atom is -0.367 e. The Labute approximate surface area is 98.0 Å². The van der Waals surface area contributed by atoms with Crippen LogP contribution in [0.2, 0.25) is 0 Å². The summed E-state index contributed by atoms with van der Waals surface area (Å²) in [6, 6.07) is 8.28. The summed E-state index contributed by atoms with van der Waals surface area (Å²) in [6.07, 6.45) is 0. The van der Waals surface area contributed by atoms with Crippen molar-refractivity contribution in [2.24, 2.45) is 0 Å². The van der Waals surface area contributed by atoms with Crippen molar-refractivity contribution >= 4 is 17.0 Å². The highest BCUT2D eigenvalue weighted by molar-refractivity contribution is 7.75. The number of hydrogen-bond donors (Lipinski definition) is 0. The Kier molecular flexibility index (Phi) is 3.93. The zero-order chi connectivity index (χ0) is 11.4. The van der Waals surface area contributed by atoms with E-state index < -0.39 is 11.4 Å². The Morgan fingerprint density at radius 2 is 1.94 bits per heavy atom. The van der Waals surface area contributed by atoms with Crippen LogP contribution in [0.5, 0.6) is 0 Å². The van der Waals surface area contributed by atoms with Crippen molar-refractivity contribution in [3.63, 3.8) is 0 Å². The van der Waals surface area contributed by atoms with Crippen LogP contribution in [-0.2, 0) is 19.7 Å². The molecule has 1 aromatic carbocycles. The van der Waals surface area contributed by atoms with E-state index in [-0.39, 0.29) is 0 Å². The zero-order valence-corrected chi connectivity index (χ0v) is 10.0. The molecule has 1 heterocycles. The first-order chi connectivity index (χ1) is 7.75. The van der Waals surface area contributed by atoms with Crippen LogP contribution in [0.4, 0.5) is 5.69 Å². The molecule has 88 valence electrons. The van der Waals surface area contributed by atoms with Crippen molar-refractivity contribution in [1.29, 1.82) is 0 Å². The lowest BCUT2D eigenvalue weighted by Gasteiger charge is -2.26. The van der Waals surface area contributed by atoms with E-state index >= 15 is 0 Å². The molecule has 0 radical (unpaired) electrons. The van der Waals surface area contributed by atoms with Crippen LogP contribution in [0.3, 0.4) is 0 Å². The molecule has 0 aromatic heterocycles. The molecule has 5 heteroatoms. The largest absolute Gasteiger partial charge is 0.367 e. The van der Waals surface area contributed by atoms with Gasteiger partial charge in [0.15, 0.2) is 0 Å². The van der Waals surface area contributed by atoms with Gasteiger partial charge in [-0.15, -0.1) is 0 Å². The first kappa shape index (κ1) is 11.6. The summed E-state index contributed by atoms with van der Waals surface area (Å²) >= 11 is -1.57. The number of anilines is 1. The number of rotatable bonds is 1. The monoisotopic (exact) mass is 241 g/mol. The molecule has 1 aliphatic rings. The fourth-order valence-electron chi connectivity index (χ4n) is 1.66. The van der Waals surface area contributed by atoms with Crippen LogP contribution in [0.25, 0.3) is 0 Å². The van der Waals surface area contributed by atoms with Gasteiger partial charge in [-0.05, 0) is 24.6 Å². The van der Waals surface area contributed by atoms with Crippen LogP contribution in [0.15, 0.2) is 24.3 Å². The molecule has 0 bridgehead atoms. The predicted molar refractivity (Wildman–Crippen MR) is 63.4 cm³/mol. The molecule has 0 saturated carbocycles. The second kappa shape index (κ2) is 5.43. The smallest absolute Gasteiger partial charge is 0.304 e. The minimum absolute atomic E-state index is 0.417. The molecule has 0 unspecified atom stereocenters. The van der Waals surface area contributed by atoms with Gasteiger partial charge in [-0.3, -0.25) is 8.37 Å². The summed E-state index contributed by atoms with van der Waals surface area (Å²) in [5, 5.41) is 0. The fourth-order valence-corrected chi connectivity index (χ4v) is 2.15. The second-order valence-electron chi connectivity index (χ2n) is 3.67. The van der Waals surface area contributed by atoms with Gasteiger partial charge in [0.25, 0.3) is 0 Å². The van der Waals surface area contributed by atoms with Gasteiger partial charge >= 0.3 is 11.4 Å². The molecule has 1 aromatic rings. The maximum Gasteiger partial charge on any atom is 0.304 e. The number of hydrogen-bond acceptors (Lipinski definition) is 4. The first-order valence-corrected chi connectivity index (χ1v) is 6.25. The number of aryl methyl sites for hydroxylation is 1. The van der Waals surface area contributed by atoms with Gasteiger partial charge < -0.3 is 4.90 Å². The Morgan fingerprint density at radius 1 is 1.25 bits per heavy atom. The maximum atomic E-state index is 11.0. The molecular weight excluding hydrogens is 226 g/mol. The average molecular weight is 241 g/mol. The molecule has 1 aliphatic heterocycles. The molecule has 2 rings (SSSR count). The second-order valence-corrected chi connectivity index (χ2v) is 4.55. The van der Waals surface area contributed by atoms with E-state index in [1.54, 1.807) is 0 Å². The maximum absolute atomic E-state index is 11.0. The third-order valence-electron chi connectivity index (χ3n) is 2.45. The van der Waals surface area contributed by atoms with Crippen molar-refractivity contribution in [1.82, 2.24) is 0 Å². The fraction of sp³-hybridized carbons (Fsp3) is 0.455. The van der Waals surface area contributed by atoms with Crippen molar-refractivity contribution < 1.29 is 12.6 Å². The molecule has 0 spiro atoms. The zero-order valence-electron chi connectivity index (χ0n) is 9.22. The lowest BCUT2D eigenvalue weighted by Crippen LogP contribution is -2.33. The van der Waals surface area contributed by atoms with Gasteiger partial charge in [0.2, 0.25) is 0 Å². The summed E-state index contributed by atoms with van der Waals surface area (Å²) in [4.78, 5) is 2.17. The van der Waals surface area contributed by atoms with E-state index in [1.807, 2.05) is 6.07 Å². The van der Waals surface area contributed by atoms with Gasteiger partial charge in [-0.2, -0.15) is 4.21 Å². The topological polar surface area (TPSA) is 38.8 Å². The predicted octanol–water partition coefficient (Wildman–Crippen LogP) is 1.43. The molecule has 0 atom stereocenters. The highest BCUT2D eigenvalue weighted by atomic mass is 32.2. The van der Waals surface area contributed by atoms with Crippen molar-refractivity contribution in [2.75, 3.05) is 31.2 Å². The Balaban J connectivity index is 2.06. The van der Waals surface area contributed by atoms with Crippen LogP contribution >= 0.6 is 0 Å². The van der Waals surface area contributed by atoms with Crippen molar-refractivity contribution in [3.8, 4) is 0 Å². The van der Waals surface area contributed by atoms with Crippen LogP contribution in [0, 0.1) is 6.92 Å². The van der Waals surface area contributed by atoms with E-state index in [1.165, 1.54) is 5.56 Å². The lowest BCUT2D eigenvalue weighted by molar-refractivity contribution is 0.239. The molecule has 1 saturated heterocycles. The highest BCUT2D eigenvalue weighted by Gasteiger charge is 2.12. The van der Waals surface area contributed by atoms with Crippen LogP contribution in [0.1, 0.15) is 5.56 Å². The van der Waals surface area contributed by atoms with Crippen LogP contribution < -0.4 is 4.90 Å². The van der Waals surface area contributed by atoms with Crippen molar-refractivity contribution in [2.45, 2.75) is 6.92 Å². The third kappa shape index (κ3) is 3.04. The van der Waals surface area contributed by atoms with Gasteiger partial charge in [0.1, 0.15) is 0 Å². The molecule has 0 aliphatic carbocycles. The molecule has 1 fully saturated rings. The van der Waals surface area contributed by atoms with Gasteiger partial charge in [-0.1, -0.05) is 12.1 Å². The average Bonchev–Trinajstić information content (AvgIpc) is 2.23. The molecule has 0 N–H and O–H groups in total. The van der Waals surface area contributed by atoms with Gasteiger partial charge in [-0.25, -0.2) is 0 Å². The van der Waals surface area contributed by atoms with E-state index in [0.717, 1.165) is 18.8 Å². The summed E-state index contributed by atoms with van der Waals surface area (Å²) < 4.78 is 20.9. The van der Waals surface area contributed by atoms with E-state index in [9.17, 15) is 4.21 Å². The Morgan fingerprint density at radius 3 is 2.56 bits per heavy atom. The third-order valence-corrected chi connectivity index (χ3v) is 3.17. The van der Waals surface area contributed by atoms with Gasteiger partial charge in [0.05, 0.1) is 13.2 Å².